The van der Waals surface area contributed by atoms with Crippen LogP contribution in [-0.4, -0.2) is 15.6 Å². The predicted octanol–water partition coefficient (Wildman–Crippen LogP) is 3.87. The van der Waals surface area contributed by atoms with Gasteiger partial charge >= 0.3 is 0 Å². The summed E-state index contributed by atoms with van der Waals surface area (Å²) in [5.74, 6) is -0.0566. The van der Waals surface area contributed by atoms with Crippen molar-refractivity contribution in [2.45, 2.75) is 0 Å². The van der Waals surface area contributed by atoms with E-state index in [0.717, 1.165) is 10.2 Å². The second kappa shape index (κ2) is 5.43. The summed E-state index contributed by atoms with van der Waals surface area (Å²) in [5, 5.41) is 4.24. The van der Waals surface area contributed by atoms with Gasteiger partial charge in [-0.25, -0.2) is 4.68 Å². The molecular weight excluding hydrogens is 316 g/mol. The van der Waals surface area contributed by atoms with Gasteiger partial charge in [0.25, 0.3) is 0 Å². The molecule has 0 aliphatic rings. The quantitative estimate of drug-likeness (QED) is 0.685. The molecule has 3 rings (SSSR count). The zero-order chi connectivity index (χ0) is 13.9. The van der Waals surface area contributed by atoms with E-state index in [1.165, 1.54) is 0 Å². The van der Waals surface area contributed by atoms with Crippen LogP contribution < -0.4 is 0 Å². The number of para-hydroxylation sites is 1. The van der Waals surface area contributed by atoms with Crippen LogP contribution in [0.4, 0.5) is 0 Å². The summed E-state index contributed by atoms with van der Waals surface area (Å²) >= 11 is 3.41. The minimum absolute atomic E-state index is 0.0566. The molecule has 3 aromatic rings. The third-order valence-corrected chi connectivity index (χ3v) is 3.69. The van der Waals surface area contributed by atoms with Gasteiger partial charge in [-0.2, -0.15) is 5.10 Å². The molecule has 4 heteroatoms. The molecule has 0 aliphatic heterocycles. The summed E-state index contributed by atoms with van der Waals surface area (Å²) in [6.07, 6.45) is 1.64. The van der Waals surface area contributed by atoms with Crippen molar-refractivity contribution in [2.24, 2.45) is 0 Å². The van der Waals surface area contributed by atoms with E-state index in [0.29, 0.717) is 11.3 Å². The molecule has 98 valence electrons. The SMILES string of the molecule is O=C(c1ccccc1Br)c1ccnn1-c1ccccc1. The van der Waals surface area contributed by atoms with Gasteiger partial charge in [0.05, 0.1) is 11.9 Å². The highest BCUT2D eigenvalue weighted by molar-refractivity contribution is 9.10. The Morgan fingerprint density at radius 1 is 0.950 bits per heavy atom. The Bertz CT molecular complexity index is 750. The first-order valence-corrected chi connectivity index (χ1v) is 6.95. The van der Waals surface area contributed by atoms with Crippen molar-refractivity contribution in [2.75, 3.05) is 0 Å². The highest BCUT2D eigenvalue weighted by atomic mass is 79.9. The van der Waals surface area contributed by atoms with Crippen LogP contribution in [0.1, 0.15) is 16.1 Å². The first kappa shape index (κ1) is 12.8. The molecule has 0 aliphatic carbocycles. The Labute approximate surface area is 125 Å². The minimum Gasteiger partial charge on any atom is -0.287 e. The molecule has 0 spiro atoms. The first-order chi connectivity index (χ1) is 9.77. The van der Waals surface area contributed by atoms with Crippen LogP contribution in [0.25, 0.3) is 5.69 Å². The monoisotopic (exact) mass is 326 g/mol. The topological polar surface area (TPSA) is 34.9 Å². The highest BCUT2D eigenvalue weighted by Gasteiger charge is 2.17. The third kappa shape index (κ3) is 2.30. The number of hydrogen-bond acceptors (Lipinski definition) is 2. The van der Waals surface area contributed by atoms with E-state index in [4.69, 9.17) is 0 Å². The second-order valence-corrected chi connectivity index (χ2v) is 5.13. The Hall–Kier alpha value is -2.20. The van der Waals surface area contributed by atoms with Crippen LogP contribution >= 0.6 is 15.9 Å². The van der Waals surface area contributed by atoms with E-state index in [1.807, 2.05) is 48.5 Å². The number of halogens is 1. The number of nitrogens with zero attached hydrogens (tertiary/aromatic N) is 2. The Balaban J connectivity index is 2.07. The van der Waals surface area contributed by atoms with Gasteiger partial charge in [0.2, 0.25) is 5.78 Å². The summed E-state index contributed by atoms with van der Waals surface area (Å²) in [7, 11) is 0. The van der Waals surface area contributed by atoms with Crippen LogP contribution in [0.3, 0.4) is 0 Å². The van der Waals surface area contributed by atoms with Crippen molar-refractivity contribution >= 4 is 21.7 Å². The maximum atomic E-state index is 12.6. The van der Waals surface area contributed by atoms with E-state index in [1.54, 1.807) is 23.0 Å². The van der Waals surface area contributed by atoms with Gasteiger partial charge in [-0.1, -0.05) is 46.3 Å². The van der Waals surface area contributed by atoms with Crippen molar-refractivity contribution in [3.05, 3.63) is 82.6 Å². The Kier molecular flexibility index (Phi) is 3.48. The fraction of sp³-hybridized carbons (Fsp3) is 0. The lowest BCUT2D eigenvalue weighted by Crippen LogP contribution is -2.10. The van der Waals surface area contributed by atoms with E-state index >= 15 is 0 Å². The lowest BCUT2D eigenvalue weighted by molar-refractivity contribution is 0.103. The number of hydrogen-bond donors (Lipinski definition) is 0. The van der Waals surface area contributed by atoms with Crippen LogP contribution in [0.2, 0.25) is 0 Å². The Morgan fingerprint density at radius 3 is 2.40 bits per heavy atom. The number of carbonyl (C=O) groups excluding carboxylic acids is 1. The van der Waals surface area contributed by atoms with Gasteiger partial charge in [0.15, 0.2) is 0 Å². The molecule has 0 amide bonds. The molecule has 1 aromatic heterocycles. The molecule has 0 unspecified atom stereocenters. The zero-order valence-corrected chi connectivity index (χ0v) is 12.1. The molecule has 1 heterocycles. The van der Waals surface area contributed by atoms with Crippen molar-refractivity contribution in [1.82, 2.24) is 9.78 Å². The van der Waals surface area contributed by atoms with Crippen LogP contribution in [0.15, 0.2) is 71.3 Å². The van der Waals surface area contributed by atoms with E-state index < -0.39 is 0 Å². The van der Waals surface area contributed by atoms with Crippen molar-refractivity contribution in [1.29, 1.82) is 0 Å². The number of benzene rings is 2. The van der Waals surface area contributed by atoms with Gasteiger partial charge in [0.1, 0.15) is 5.69 Å². The normalized spacial score (nSPS) is 10.4. The van der Waals surface area contributed by atoms with E-state index in [2.05, 4.69) is 21.0 Å². The smallest absolute Gasteiger partial charge is 0.212 e. The molecule has 0 saturated heterocycles. The third-order valence-electron chi connectivity index (χ3n) is 2.99. The first-order valence-electron chi connectivity index (χ1n) is 6.16. The molecule has 2 aromatic carbocycles. The molecule has 0 bridgehead atoms. The molecule has 3 nitrogen and oxygen atoms in total. The van der Waals surface area contributed by atoms with Crippen LogP contribution in [0, 0.1) is 0 Å². The maximum Gasteiger partial charge on any atom is 0.212 e. The van der Waals surface area contributed by atoms with E-state index in [9.17, 15) is 4.79 Å². The van der Waals surface area contributed by atoms with Gasteiger partial charge in [-0.15, -0.1) is 0 Å². The van der Waals surface area contributed by atoms with Crippen LogP contribution in [-0.2, 0) is 0 Å². The van der Waals surface area contributed by atoms with Gasteiger partial charge in [-0.05, 0) is 30.3 Å². The minimum atomic E-state index is -0.0566. The highest BCUT2D eigenvalue weighted by Crippen LogP contribution is 2.21. The average molecular weight is 327 g/mol. The predicted molar refractivity (Wildman–Crippen MR) is 81.1 cm³/mol. The van der Waals surface area contributed by atoms with Gasteiger partial charge in [-0.3, -0.25) is 4.79 Å². The lowest BCUT2D eigenvalue weighted by atomic mass is 10.1. The molecule has 0 saturated carbocycles. The van der Waals surface area contributed by atoms with Gasteiger partial charge < -0.3 is 0 Å². The average Bonchev–Trinajstić information content (AvgIpc) is 2.97. The fourth-order valence-corrected chi connectivity index (χ4v) is 2.50. The summed E-state index contributed by atoms with van der Waals surface area (Å²) in [6, 6.07) is 18.7. The Morgan fingerprint density at radius 2 is 1.65 bits per heavy atom. The molecule has 0 radical (unpaired) electrons. The fourth-order valence-electron chi connectivity index (χ4n) is 2.03. The molecule has 0 N–H and O–H groups in total. The van der Waals surface area contributed by atoms with Crippen LogP contribution in [0.5, 0.6) is 0 Å². The number of carbonyl (C=O) groups is 1. The number of rotatable bonds is 3. The van der Waals surface area contributed by atoms with Gasteiger partial charge in [0, 0.05) is 10.0 Å². The summed E-state index contributed by atoms with van der Waals surface area (Å²) in [4.78, 5) is 12.6. The van der Waals surface area contributed by atoms with Crippen molar-refractivity contribution < 1.29 is 4.79 Å². The summed E-state index contributed by atoms with van der Waals surface area (Å²) < 4.78 is 2.44. The largest absolute Gasteiger partial charge is 0.287 e. The number of ketones is 1. The second-order valence-electron chi connectivity index (χ2n) is 4.27. The molecular formula is C16H11BrN2O. The molecule has 0 atom stereocenters. The summed E-state index contributed by atoms with van der Waals surface area (Å²) in [5.41, 5.74) is 2.04. The van der Waals surface area contributed by atoms with Crippen molar-refractivity contribution in [3.63, 3.8) is 0 Å². The van der Waals surface area contributed by atoms with E-state index in [-0.39, 0.29) is 5.78 Å². The zero-order valence-electron chi connectivity index (χ0n) is 10.5. The molecule has 0 fully saturated rings. The maximum absolute atomic E-state index is 12.6. The number of aromatic nitrogens is 2. The summed E-state index contributed by atoms with van der Waals surface area (Å²) in [6.45, 7) is 0. The molecule has 20 heavy (non-hydrogen) atoms. The van der Waals surface area contributed by atoms with Crippen molar-refractivity contribution in [3.8, 4) is 5.69 Å². The lowest BCUT2D eigenvalue weighted by Gasteiger charge is -2.07. The standard InChI is InChI=1S/C16H11BrN2O/c17-14-9-5-4-8-13(14)16(20)15-10-11-18-19(15)12-6-2-1-3-7-12/h1-11H.